The van der Waals surface area contributed by atoms with Crippen molar-refractivity contribution in [1.82, 2.24) is 0 Å². The lowest BCUT2D eigenvalue weighted by atomic mass is 10.3. The van der Waals surface area contributed by atoms with Crippen LogP contribution in [0.15, 0.2) is 22.7 Å². The molecule has 0 spiro atoms. The summed E-state index contributed by atoms with van der Waals surface area (Å²) < 4.78 is 18.5. The second kappa shape index (κ2) is 6.76. The first-order chi connectivity index (χ1) is 7.24. The summed E-state index contributed by atoms with van der Waals surface area (Å²) in [6.07, 6.45) is 0. The highest BCUT2D eigenvalue weighted by Gasteiger charge is 1.99. The third kappa shape index (κ3) is 4.59. The van der Waals surface area contributed by atoms with E-state index in [-0.39, 0.29) is 12.4 Å². The smallest absolute Gasteiger partial charge is 0.124 e. The Bertz CT molecular complexity index is 309. The fourth-order valence-electron chi connectivity index (χ4n) is 1.06. The zero-order valence-electron chi connectivity index (χ0n) is 8.17. The Morgan fingerprint density at radius 3 is 2.87 bits per heavy atom. The summed E-state index contributed by atoms with van der Waals surface area (Å²) in [7, 11) is 0. The average molecular weight is 278 g/mol. The van der Waals surface area contributed by atoms with E-state index in [1.807, 2.05) is 0 Å². The minimum absolute atomic E-state index is 0.0280. The van der Waals surface area contributed by atoms with Crippen LogP contribution < -0.4 is 5.32 Å². The number of halogens is 2. The van der Waals surface area contributed by atoms with Gasteiger partial charge in [0.15, 0.2) is 0 Å². The fraction of sp³-hybridized carbons (Fsp3) is 0.400. The number of anilines is 1. The Morgan fingerprint density at radius 1 is 1.40 bits per heavy atom. The zero-order chi connectivity index (χ0) is 11.1. The van der Waals surface area contributed by atoms with Gasteiger partial charge in [-0.3, -0.25) is 0 Å². The van der Waals surface area contributed by atoms with Gasteiger partial charge in [-0.1, -0.05) is 0 Å². The van der Waals surface area contributed by atoms with E-state index in [0.29, 0.717) is 24.2 Å². The summed E-state index contributed by atoms with van der Waals surface area (Å²) in [5.41, 5.74) is 0.823. The maximum Gasteiger partial charge on any atom is 0.124 e. The SMILES string of the molecule is OCCOCCNc1ccc(F)cc1Br. The van der Waals surface area contributed by atoms with Crippen LogP contribution >= 0.6 is 15.9 Å². The molecule has 0 atom stereocenters. The molecule has 84 valence electrons. The normalized spacial score (nSPS) is 10.3. The molecule has 0 saturated carbocycles. The van der Waals surface area contributed by atoms with Gasteiger partial charge < -0.3 is 15.2 Å². The minimum atomic E-state index is -0.274. The predicted octanol–water partition coefficient (Wildman–Crippen LogP) is 2.01. The molecule has 0 aromatic heterocycles. The van der Waals surface area contributed by atoms with Gasteiger partial charge in [-0.05, 0) is 34.1 Å². The van der Waals surface area contributed by atoms with E-state index in [0.717, 1.165) is 5.69 Å². The van der Waals surface area contributed by atoms with Crippen LogP contribution in [0.5, 0.6) is 0 Å². The van der Waals surface area contributed by atoms with E-state index >= 15 is 0 Å². The highest BCUT2D eigenvalue weighted by molar-refractivity contribution is 9.10. The Kier molecular flexibility index (Phi) is 5.60. The van der Waals surface area contributed by atoms with Crippen molar-refractivity contribution in [2.75, 3.05) is 31.7 Å². The zero-order valence-corrected chi connectivity index (χ0v) is 9.76. The van der Waals surface area contributed by atoms with Crippen molar-refractivity contribution in [3.63, 3.8) is 0 Å². The molecular formula is C10H13BrFNO2. The Balaban J connectivity index is 2.31. The molecular weight excluding hydrogens is 265 g/mol. The summed E-state index contributed by atoms with van der Waals surface area (Å²) >= 11 is 3.25. The van der Waals surface area contributed by atoms with Gasteiger partial charge >= 0.3 is 0 Å². The van der Waals surface area contributed by atoms with E-state index in [1.165, 1.54) is 12.1 Å². The number of rotatable bonds is 6. The summed E-state index contributed by atoms with van der Waals surface area (Å²) in [6.45, 7) is 1.49. The van der Waals surface area contributed by atoms with Crippen LogP contribution in [0.3, 0.4) is 0 Å². The van der Waals surface area contributed by atoms with Crippen LogP contribution in [-0.2, 0) is 4.74 Å². The number of nitrogens with one attached hydrogen (secondary N) is 1. The van der Waals surface area contributed by atoms with Crippen LogP contribution in [0.1, 0.15) is 0 Å². The third-order valence-electron chi connectivity index (χ3n) is 1.73. The van der Waals surface area contributed by atoms with Gasteiger partial charge in [0.25, 0.3) is 0 Å². The molecule has 2 N–H and O–H groups in total. The largest absolute Gasteiger partial charge is 0.394 e. The molecule has 3 nitrogen and oxygen atoms in total. The first-order valence-electron chi connectivity index (χ1n) is 4.61. The maximum absolute atomic E-state index is 12.7. The maximum atomic E-state index is 12.7. The Morgan fingerprint density at radius 2 is 2.20 bits per heavy atom. The quantitative estimate of drug-likeness (QED) is 0.782. The van der Waals surface area contributed by atoms with E-state index < -0.39 is 0 Å². The van der Waals surface area contributed by atoms with E-state index in [9.17, 15) is 4.39 Å². The monoisotopic (exact) mass is 277 g/mol. The summed E-state index contributed by atoms with van der Waals surface area (Å²) in [5, 5.41) is 11.5. The lowest BCUT2D eigenvalue weighted by Gasteiger charge is -2.08. The second-order valence-electron chi connectivity index (χ2n) is 2.89. The first kappa shape index (κ1) is 12.4. The first-order valence-corrected chi connectivity index (χ1v) is 5.41. The van der Waals surface area contributed by atoms with Gasteiger partial charge in [0.05, 0.1) is 19.8 Å². The van der Waals surface area contributed by atoms with Gasteiger partial charge in [0, 0.05) is 16.7 Å². The van der Waals surface area contributed by atoms with Crippen molar-refractivity contribution in [2.45, 2.75) is 0 Å². The van der Waals surface area contributed by atoms with E-state index in [1.54, 1.807) is 6.07 Å². The molecule has 0 amide bonds. The fourth-order valence-corrected chi connectivity index (χ4v) is 1.55. The number of aliphatic hydroxyl groups excluding tert-OH is 1. The molecule has 0 bridgehead atoms. The lowest BCUT2D eigenvalue weighted by molar-refractivity contribution is 0.0992. The van der Waals surface area contributed by atoms with Crippen molar-refractivity contribution in [1.29, 1.82) is 0 Å². The standard InChI is InChI=1S/C10H13BrFNO2/c11-9-7-8(12)1-2-10(9)13-3-5-15-6-4-14/h1-2,7,13-14H,3-6H2. The molecule has 0 aliphatic carbocycles. The Hall–Kier alpha value is -0.650. The van der Waals surface area contributed by atoms with Crippen molar-refractivity contribution in [2.24, 2.45) is 0 Å². The summed E-state index contributed by atoms with van der Waals surface area (Å²) in [5.74, 6) is -0.274. The second-order valence-corrected chi connectivity index (χ2v) is 3.74. The number of hydrogen-bond donors (Lipinski definition) is 2. The molecule has 0 aliphatic rings. The third-order valence-corrected chi connectivity index (χ3v) is 2.38. The number of ether oxygens (including phenoxy) is 1. The molecule has 0 heterocycles. The van der Waals surface area contributed by atoms with Crippen LogP contribution in [0.4, 0.5) is 10.1 Å². The molecule has 1 aromatic rings. The topological polar surface area (TPSA) is 41.5 Å². The lowest BCUT2D eigenvalue weighted by Crippen LogP contribution is -2.11. The molecule has 1 aromatic carbocycles. The molecule has 0 unspecified atom stereocenters. The highest BCUT2D eigenvalue weighted by Crippen LogP contribution is 2.22. The molecule has 0 radical (unpaired) electrons. The van der Waals surface area contributed by atoms with Crippen LogP contribution in [0.25, 0.3) is 0 Å². The van der Waals surface area contributed by atoms with Gasteiger partial charge in [-0.2, -0.15) is 0 Å². The highest BCUT2D eigenvalue weighted by atomic mass is 79.9. The van der Waals surface area contributed by atoms with Gasteiger partial charge in [-0.15, -0.1) is 0 Å². The van der Waals surface area contributed by atoms with Crippen LogP contribution in [0.2, 0.25) is 0 Å². The summed E-state index contributed by atoms with van der Waals surface area (Å²) in [4.78, 5) is 0. The van der Waals surface area contributed by atoms with Crippen molar-refractivity contribution < 1.29 is 14.2 Å². The molecule has 0 fully saturated rings. The molecule has 15 heavy (non-hydrogen) atoms. The van der Waals surface area contributed by atoms with Crippen molar-refractivity contribution in [3.8, 4) is 0 Å². The molecule has 0 aliphatic heterocycles. The van der Waals surface area contributed by atoms with Crippen LogP contribution in [-0.4, -0.2) is 31.5 Å². The van der Waals surface area contributed by atoms with E-state index in [4.69, 9.17) is 9.84 Å². The number of hydrogen-bond acceptors (Lipinski definition) is 3. The van der Waals surface area contributed by atoms with Gasteiger partial charge in [-0.25, -0.2) is 4.39 Å². The van der Waals surface area contributed by atoms with Crippen LogP contribution in [0, 0.1) is 5.82 Å². The molecule has 1 rings (SSSR count). The number of benzene rings is 1. The summed E-state index contributed by atoms with van der Waals surface area (Å²) in [6, 6.07) is 4.45. The Labute approximate surface area is 96.4 Å². The van der Waals surface area contributed by atoms with Crippen molar-refractivity contribution >= 4 is 21.6 Å². The van der Waals surface area contributed by atoms with Gasteiger partial charge in [0.2, 0.25) is 0 Å². The van der Waals surface area contributed by atoms with E-state index in [2.05, 4.69) is 21.2 Å². The molecule has 5 heteroatoms. The minimum Gasteiger partial charge on any atom is -0.394 e. The predicted molar refractivity (Wildman–Crippen MR) is 60.5 cm³/mol. The average Bonchev–Trinajstić information content (AvgIpc) is 2.20. The van der Waals surface area contributed by atoms with Gasteiger partial charge in [0.1, 0.15) is 5.82 Å². The molecule has 0 saturated heterocycles. The van der Waals surface area contributed by atoms with Crippen molar-refractivity contribution in [3.05, 3.63) is 28.5 Å². The number of aliphatic hydroxyl groups is 1.